The van der Waals surface area contributed by atoms with Gasteiger partial charge in [-0.05, 0) is 87.9 Å². The molecule has 15 heteroatoms. The fourth-order valence-electron chi connectivity index (χ4n) is 6.16. The molecular formula is C36H51ClN10O4. The van der Waals surface area contributed by atoms with Crippen molar-refractivity contribution in [2.45, 2.75) is 98.1 Å². The highest BCUT2D eigenvalue weighted by atomic mass is 35.5. The predicted octanol–water partition coefficient (Wildman–Crippen LogP) is 5.79. The molecule has 0 amide bonds. The number of hydrogen-bond acceptors (Lipinski definition) is 13. The van der Waals surface area contributed by atoms with Crippen molar-refractivity contribution in [3.05, 3.63) is 41.3 Å². The number of carbonyl (C=O) groups is 1. The molecule has 1 aliphatic heterocycles. The molecule has 276 valence electrons. The van der Waals surface area contributed by atoms with E-state index in [4.69, 9.17) is 30.8 Å². The smallest absolute Gasteiger partial charge is 0.313 e. The van der Waals surface area contributed by atoms with E-state index < -0.39 is 17.1 Å². The third kappa shape index (κ3) is 10.6. The van der Waals surface area contributed by atoms with E-state index in [2.05, 4.69) is 42.5 Å². The second-order valence-electron chi connectivity index (χ2n) is 14.8. The first-order valence-electron chi connectivity index (χ1n) is 17.9. The molecule has 2 aliphatic rings. The first-order valence-corrected chi connectivity index (χ1v) is 18.3. The van der Waals surface area contributed by atoms with Gasteiger partial charge in [-0.3, -0.25) is 4.79 Å². The summed E-state index contributed by atoms with van der Waals surface area (Å²) in [4.78, 5) is 21.9. The number of halogens is 1. The fraction of sp³-hybridized carbons (Fsp3) is 0.639. The van der Waals surface area contributed by atoms with Gasteiger partial charge in [0.25, 0.3) is 0 Å². The summed E-state index contributed by atoms with van der Waals surface area (Å²) in [5, 5.41) is 32.9. The molecule has 2 fully saturated rings. The molecule has 0 spiro atoms. The van der Waals surface area contributed by atoms with Crippen molar-refractivity contribution in [1.82, 2.24) is 35.5 Å². The number of nitriles is 1. The van der Waals surface area contributed by atoms with Gasteiger partial charge in [-0.15, -0.1) is 5.10 Å². The van der Waals surface area contributed by atoms with Crippen LogP contribution in [0.15, 0.2) is 30.5 Å². The molecule has 1 saturated heterocycles. The Hall–Kier alpha value is -3.90. The Balaban J connectivity index is 1.05. The average Bonchev–Trinajstić information content (AvgIpc) is 3.59. The van der Waals surface area contributed by atoms with Crippen molar-refractivity contribution in [2.24, 2.45) is 16.7 Å². The number of aromatic nitrogens is 6. The lowest BCUT2D eigenvalue weighted by Gasteiger charge is -2.30. The van der Waals surface area contributed by atoms with Crippen molar-refractivity contribution in [1.29, 1.82) is 5.26 Å². The predicted molar refractivity (Wildman–Crippen MR) is 194 cm³/mol. The normalized spacial score (nSPS) is 19.6. The van der Waals surface area contributed by atoms with Crippen LogP contribution in [0.1, 0.15) is 85.2 Å². The van der Waals surface area contributed by atoms with Crippen LogP contribution in [0.3, 0.4) is 0 Å². The lowest BCUT2D eigenvalue weighted by Crippen LogP contribution is -2.38. The highest BCUT2D eigenvalue weighted by Crippen LogP contribution is 2.32. The molecule has 3 N–H and O–H groups in total. The van der Waals surface area contributed by atoms with Crippen molar-refractivity contribution in [3.63, 3.8) is 0 Å². The second kappa shape index (κ2) is 17.5. The van der Waals surface area contributed by atoms with Crippen LogP contribution < -0.4 is 16.0 Å². The summed E-state index contributed by atoms with van der Waals surface area (Å²) in [6, 6.07) is 10.9. The maximum Gasteiger partial charge on any atom is 0.313 e. The van der Waals surface area contributed by atoms with Gasteiger partial charge in [0.2, 0.25) is 6.23 Å². The number of nitrogens with one attached hydrogen (secondary N) is 3. The zero-order valence-corrected chi connectivity index (χ0v) is 31.1. The van der Waals surface area contributed by atoms with Gasteiger partial charge >= 0.3 is 5.97 Å². The average molecular weight is 723 g/mol. The fourth-order valence-corrected chi connectivity index (χ4v) is 6.36. The number of pyridine rings is 2. The molecule has 5 rings (SSSR count). The maximum absolute atomic E-state index is 12.5. The van der Waals surface area contributed by atoms with E-state index >= 15 is 0 Å². The summed E-state index contributed by atoms with van der Waals surface area (Å²) in [6.45, 7) is 12.5. The van der Waals surface area contributed by atoms with Gasteiger partial charge in [0.05, 0.1) is 34.2 Å². The van der Waals surface area contributed by atoms with Gasteiger partial charge in [0, 0.05) is 56.1 Å². The number of hydrogen-bond donors (Lipinski definition) is 3. The SMILES string of the molecule is CC(C)[C@@H](OC(=O)C(C)(C)C)n1nnnc1COCCNC1CCC(Nc2cc(-c3cccc(NCC4(C#N)CCOCC4)n3)c(Cl)cn2)CC1. The molecule has 3 aromatic rings. The minimum Gasteiger partial charge on any atom is -0.439 e. The van der Waals surface area contributed by atoms with Crippen LogP contribution in [0, 0.1) is 28.1 Å². The van der Waals surface area contributed by atoms with Gasteiger partial charge in [-0.1, -0.05) is 31.5 Å². The Morgan fingerprint density at radius 3 is 2.61 bits per heavy atom. The number of anilines is 2. The van der Waals surface area contributed by atoms with E-state index in [1.807, 2.05) is 58.9 Å². The summed E-state index contributed by atoms with van der Waals surface area (Å²) in [6.07, 6.45) is 6.52. The van der Waals surface area contributed by atoms with Crippen LogP contribution >= 0.6 is 11.6 Å². The third-order valence-corrected chi connectivity index (χ3v) is 9.68. The van der Waals surface area contributed by atoms with E-state index in [9.17, 15) is 10.1 Å². The molecule has 1 saturated carbocycles. The third-order valence-electron chi connectivity index (χ3n) is 9.38. The minimum atomic E-state index is -0.631. The van der Waals surface area contributed by atoms with Crippen LogP contribution in [0.25, 0.3) is 11.3 Å². The van der Waals surface area contributed by atoms with Crippen LogP contribution in [0.5, 0.6) is 0 Å². The quantitative estimate of drug-likeness (QED) is 0.127. The number of rotatable bonds is 15. The zero-order chi connectivity index (χ0) is 36.4. The molecule has 0 aromatic carbocycles. The van der Waals surface area contributed by atoms with Crippen molar-refractivity contribution in [2.75, 3.05) is 43.5 Å². The summed E-state index contributed by atoms with van der Waals surface area (Å²) < 4.78 is 18.7. The van der Waals surface area contributed by atoms with Gasteiger partial charge < -0.3 is 30.2 Å². The molecule has 3 aromatic heterocycles. The van der Waals surface area contributed by atoms with Crippen molar-refractivity contribution >= 4 is 29.2 Å². The Bertz CT molecular complexity index is 1620. The molecule has 14 nitrogen and oxygen atoms in total. The van der Waals surface area contributed by atoms with E-state index in [1.54, 1.807) is 10.9 Å². The topological polar surface area (TPSA) is 174 Å². The molecule has 0 bridgehead atoms. The number of tetrazole rings is 1. The van der Waals surface area contributed by atoms with E-state index in [0.29, 0.717) is 74.5 Å². The first-order chi connectivity index (χ1) is 24.5. The first kappa shape index (κ1) is 38.3. The molecule has 0 radical (unpaired) electrons. The number of ether oxygens (including phenoxy) is 3. The monoisotopic (exact) mass is 722 g/mol. The Labute approximate surface area is 305 Å². The molecular weight excluding hydrogens is 672 g/mol. The minimum absolute atomic E-state index is 0.0221. The summed E-state index contributed by atoms with van der Waals surface area (Å²) in [5.74, 6) is 1.65. The van der Waals surface area contributed by atoms with E-state index in [-0.39, 0.29) is 18.5 Å². The molecule has 0 unspecified atom stereocenters. The van der Waals surface area contributed by atoms with Crippen LogP contribution in [-0.2, 0) is 25.6 Å². The lowest BCUT2D eigenvalue weighted by atomic mass is 9.82. The van der Waals surface area contributed by atoms with Crippen LogP contribution in [0.2, 0.25) is 5.02 Å². The highest BCUT2D eigenvalue weighted by molar-refractivity contribution is 6.33. The van der Waals surface area contributed by atoms with Crippen molar-refractivity contribution in [3.8, 4) is 17.3 Å². The Morgan fingerprint density at radius 2 is 1.90 bits per heavy atom. The van der Waals surface area contributed by atoms with Gasteiger partial charge in [-0.2, -0.15) is 9.94 Å². The summed E-state index contributed by atoms with van der Waals surface area (Å²) >= 11 is 6.60. The van der Waals surface area contributed by atoms with Crippen molar-refractivity contribution < 1.29 is 19.0 Å². The summed E-state index contributed by atoms with van der Waals surface area (Å²) in [7, 11) is 0. The molecule has 1 aliphatic carbocycles. The zero-order valence-electron chi connectivity index (χ0n) is 30.3. The highest BCUT2D eigenvalue weighted by Gasteiger charge is 2.33. The Morgan fingerprint density at radius 1 is 1.16 bits per heavy atom. The molecule has 1 atom stereocenters. The van der Waals surface area contributed by atoms with Gasteiger partial charge in [-0.25, -0.2) is 9.97 Å². The van der Waals surface area contributed by atoms with Crippen LogP contribution in [-0.4, -0.2) is 81.1 Å². The second-order valence-corrected chi connectivity index (χ2v) is 15.3. The largest absolute Gasteiger partial charge is 0.439 e. The number of nitrogens with zero attached hydrogens (tertiary/aromatic N) is 7. The standard InChI is InChI=1S/C36H51ClN10O4/c1-24(2)33(51-34(48)35(3,4)5)47-32(44-45-46-47)21-50-18-15-39-25-9-11-26(12-10-25)42-31-19-27(28(37)20-40-31)29-7-6-8-30(43-29)41-23-36(22-38)13-16-49-17-14-36/h6-8,19-20,24-26,33,39H,9-18,21,23H2,1-5H3,(H,40,42)(H,41,43)/t25?,26?,33-/m1/s1. The van der Waals surface area contributed by atoms with Gasteiger partial charge in [0.1, 0.15) is 18.2 Å². The summed E-state index contributed by atoms with van der Waals surface area (Å²) in [5.41, 5.74) is 0.459. The van der Waals surface area contributed by atoms with Gasteiger partial charge in [0.15, 0.2) is 5.82 Å². The maximum atomic E-state index is 12.5. The van der Waals surface area contributed by atoms with E-state index in [0.717, 1.165) is 42.8 Å². The van der Waals surface area contributed by atoms with Crippen LogP contribution in [0.4, 0.5) is 11.6 Å². The Kier molecular flexibility index (Phi) is 13.2. The number of carbonyl (C=O) groups excluding carboxylic acids is 1. The van der Waals surface area contributed by atoms with E-state index in [1.165, 1.54) is 0 Å². The lowest BCUT2D eigenvalue weighted by molar-refractivity contribution is -0.168. The molecule has 4 heterocycles. The molecule has 51 heavy (non-hydrogen) atoms. The number of esters is 1.